The maximum absolute atomic E-state index is 14.4. The van der Waals surface area contributed by atoms with Gasteiger partial charge < -0.3 is 20.3 Å². The van der Waals surface area contributed by atoms with Crippen LogP contribution in [0.3, 0.4) is 0 Å². The zero-order chi connectivity index (χ0) is 16.1. The number of nitrogens with zero attached hydrogens (tertiary/aromatic N) is 4. The van der Waals surface area contributed by atoms with Gasteiger partial charge in [-0.15, -0.1) is 0 Å². The van der Waals surface area contributed by atoms with E-state index in [0.717, 1.165) is 0 Å². The zero-order valence-electron chi connectivity index (χ0n) is 11.9. The van der Waals surface area contributed by atoms with Gasteiger partial charge in [-0.3, -0.25) is 4.57 Å². The van der Waals surface area contributed by atoms with Gasteiger partial charge in [-0.05, 0) is 18.5 Å². The van der Waals surface area contributed by atoms with Crippen LogP contribution in [-0.2, 0) is 4.74 Å². The topological polar surface area (TPSA) is 105 Å². The lowest BCUT2D eigenvalue weighted by atomic mass is 9.99. The molecule has 1 saturated heterocycles. The van der Waals surface area contributed by atoms with Gasteiger partial charge in [-0.25, -0.2) is 9.37 Å². The Morgan fingerprint density at radius 2 is 2.27 bits per heavy atom. The average molecular weight is 332 g/mol. The number of alkyl halides is 1. The molecule has 0 spiro atoms. The van der Waals surface area contributed by atoms with Crippen molar-refractivity contribution in [1.29, 1.82) is 0 Å². The van der Waals surface area contributed by atoms with Gasteiger partial charge in [0.05, 0.1) is 12.9 Å². The molecule has 1 aliphatic rings. The molecule has 0 aromatic carbocycles. The predicted molar refractivity (Wildman–Crippen MR) is 76.4 cm³/mol. The van der Waals surface area contributed by atoms with E-state index in [0.29, 0.717) is 11.3 Å². The fourth-order valence-electron chi connectivity index (χ4n) is 2.49. The molecule has 22 heavy (non-hydrogen) atoms. The van der Waals surface area contributed by atoms with Gasteiger partial charge in [-0.2, -0.15) is 9.97 Å². The van der Waals surface area contributed by atoms with Crippen LogP contribution in [0.25, 0.3) is 11.2 Å². The number of anilines is 1. The summed E-state index contributed by atoms with van der Waals surface area (Å²) < 4.78 is 21.3. The molecule has 3 rings (SSSR count). The van der Waals surface area contributed by atoms with Crippen molar-refractivity contribution in [3.63, 3.8) is 0 Å². The number of aliphatic hydroxyl groups excluding tert-OH is 2. The van der Waals surface area contributed by atoms with E-state index in [-0.39, 0.29) is 10.9 Å². The van der Waals surface area contributed by atoms with Gasteiger partial charge in [-0.1, -0.05) is 0 Å². The van der Waals surface area contributed by atoms with Crippen molar-refractivity contribution < 1.29 is 19.3 Å². The monoisotopic (exact) mass is 331 g/mol. The van der Waals surface area contributed by atoms with Crippen LogP contribution in [0, 0.1) is 0 Å². The lowest BCUT2D eigenvalue weighted by molar-refractivity contribution is -0.115. The summed E-state index contributed by atoms with van der Waals surface area (Å²) in [7, 11) is 1.65. The third-order valence-corrected chi connectivity index (χ3v) is 3.98. The zero-order valence-corrected chi connectivity index (χ0v) is 12.6. The Morgan fingerprint density at radius 3 is 2.86 bits per heavy atom. The molecule has 1 fully saturated rings. The van der Waals surface area contributed by atoms with E-state index >= 15 is 0 Å². The molecule has 8 nitrogen and oxygen atoms in total. The molecule has 3 N–H and O–H groups in total. The SMILES string of the molecule is CNc1nc(Cl)nc2c1ncn2[C@@H]1O[C@](C)(CO)[C@@H](O)[C@H]1F. The Morgan fingerprint density at radius 1 is 1.55 bits per heavy atom. The van der Waals surface area contributed by atoms with Crippen LogP contribution < -0.4 is 5.32 Å². The Balaban J connectivity index is 2.10. The number of fused-ring (bicyclic) bond motifs is 1. The van der Waals surface area contributed by atoms with Crippen molar-refractivity contribution in [2.24, 2.45) is 0 Å². The fourth-order valence-corrected chi connectivity index (χ4v) is 2.66. The third kappa shape index (κ3) is 2.12. The first-order valence-corrected chi connectivity index (χ1v) is 6.97. The molecule has 0 bridgehead atoms. The molecule has 120 valence electrons. The average Bonchev–Trinajstić information content (AvgIpc) is 3.01. The summed E-state index contributed by atoms with van der Waals surface area (Å²) in [6.07, 6.45) is -3.06. The highest BCUT2D eigenvalue weighted by Gasteiger charge is 2.53. The minimum absolute atomic E-state index is 0.0301. The van der Waals surface area contributed by atoms with Gasteiger partial charge in [0.1, 0.15) is 11.7 Å². The number of aliphatic hydroxyl groups is 2. The minimum atomic E-state index is -1.75. The van der Waals surface area contributed by atoms with Crippen LogP contribution >= 0.6 is 11.6 Å². The van der Waals surface area contributed by atoms with Crippen molar-refractivity contribution >= 4 is 28.6 Å². The first-order valence-electron chi connectivity index (χ1n) is 6.60. The molecule has 0 aliphatic carbocycles. The second kappa shape index (κ2) is 5.27. The predicted octanol–water partition coefficient (Wildman–Crippen LogP) is 0.500. The molecule has 10 heteroatoms. The van der Waals surface area contributed by atoms with Crippen molar-refractivity contribution in [2.45, 2.75) is 31.0 Å². The van der Waals surface area contributed by atoms with Crippen LogP contribution in [0.15, 0.2) is 6.33 Å². The first-order chi connectivity index (χ1) is 10.4. The van der Waals surface area contributed by atoms with E-state index in [9.17, 15) is 14.6 Å². The van der Waals surface area contributed by atoms with Crippen LogP contribution in [0.5, 0.6) is 0 Å². The van der Waals surface area contributed by atoms with E-state index in [2.05, 4.69) is 20.3 Å². The second-order valence-corrected chi connectivity index (χ2v) is 5.62. The maximum Gasteiger partial charge on any atom is 0.226 e. The fraction of sp³-hybridized carbons (Fsp3) is 0.583. The second-order valence-electron chi connectivity index (χ2n) is 5.28. The number of hydrogen-bond donors (Lipinski definition) is 3. The van der Waals surface area contributed by atoms with Gasteiger partial charge in [0, 0.05) is 7.05 Å². The van der Waals surface area contributed by atoms with Crippen LogP contribution in [0.1, 0.15) is 13.2 Å². The summed E-state index contributed by atoms with van der Waals surface area (Å²) >= 11 is 5.86. The summed E-state index contributed by atoms with van der Waals surface area (Å²) in [6.45, 7) is 0.916. The van der Waals surface area contributed by atoms with Crippen LogP contribution in [0.4, 0.5) is 10.2 Å². The summed E-state index contributed by atoms with van der Waals surface area (Å²) in [4.78, 5) is 12.2. The maximum atomic E-state index is 14.4. The first kappa shape index (κ1) is 15.3. The van der Waals surface area contributed by atoms with Crippen molar-refractivity contribution in [1.82, 2.24) is 19.5 Å². The molecule has 3 heterocycles. The van der Waals surface area contributed by atoms with E-state index in [1.807, 2.05) is 0 Å². The standard InChI is InChI=1S/C12H15ClFN5O3/c1-12(3-20)7(21)5(14)10(22-12)19-4-16-6-8(15-2)17-11(13)18-9(6)19/h4-5,7,10,20-21H,3H2,1-2H3,(H,15,17,18)/t5-,7+,10-,12-/m1/s1. The molecule has 4 atom stereocenters. The number of hydrogen-bond acceptors (Lipinski definition) is 7. The molecule has 0 amide bonds. The molecule has 1 aliphatic heterocycles. The highest BCUT2D eigenvalue weighted by Crippen LogP contribution is 2.40. The van der Waals surface area contributed by atoms with Crippen molar-refractivity contribution in [3.8, 4) is 0 Å². The third-order valence-electron chi connectivity index (χ3n) is 3.81. The highest BCUT2D eigenvalue weighted by molar-refractivity contribution is 6.28. The van der Waals surface area contributed by atoms with Crippen LogP contribution in [-0.4, -0.2) is 61.3 Å². The molecule has 0 saturated carbocycles. The van der Waals surface area contributed by atoms with Gasteiger partial charge >= 0.3 is 0 Å². The highest BCUT2D eigenvalue weighted by atomic mass is 35.5. The Bertz CT molecular complexity index is 713. The van der Waals surface area contributed by atoms with E-state index < -0.39 is 30.7 Å². The lowest BCUT2D eigenvalue weighted by Gasteiger charge is -2.24. The molecular weight excluding hydrogens is 317 g/mol. The summed E-state index contributed by atoms with van der Waals surface area (Å²) in [5.74, 6) is 0.396. The van der Waals surface area contributed by atoms with Crippen molar-refractivity contribution in [2.75, 3.05) is 19.0 Å². The number of imidazole rings is 1. The number of halogens is 2. The minimum Gasteiger partial charge on any atom is -0.393 e. The van der Waals surface area contributed by atoms with Gasteiger partial charge in [0.2, 0.25) is 5.28 Å². The van der Waals surface area contributed by atoms with E-state index in [1.165, 1.54) is 17.8 Å². The molecule has 2 aromatic rings. The lowest BCUT2D eigenvalue weighted by Crippen LogP contribution is -2.42. The smallest absolute Gasteiger partial charge is 0.226 e. The Hall–Kier alpha value is -1.55. The van der Waals surface area contributed by atoms with E-state index in [1.54, 1.807) is 7.05 Å². The molecular formula is C12H15ClFN5O3. The summed E-state index contributed by atoms with van der Waals surface area (Å²) in [5.41, 5.74) is -0.732. The Labute approximate surface area is 129 Å². The molecule has 0 unspecified atom stereocenters. The number of aromatic nitrogens is 4. The molecule has 2 aromatic heterocycles. The number of rotatable bonds is 3. The van der Waals surface area contributed by atoms with Crippen LogP contribution in [0.2, 0.25) is 5.28 Å². The summed E-state index contributed by atoms with van der Waals surface area (Å²) in [5, 5.41) is 22.1. The quantitative estimate of drug-likeness (QED) is 0.703. The van der Waals surface area contributed by atoms with E-state index in [4.69, 9.17) is 16.3 Å². The number of nitrogens with one attached hydrogen (secondary N) is 1. The van der Waals surface area contributed by atoms with Gasteiger partial charge in [0.25, 0.3) is 0 Å². The van der Waals surface area contributed by atoms with Crippen molar-refractivity contribution in [3.05, 3.63) is 11.6 Å². The normalized spacial score (nSPS) is 31.8. The van der Waals surface area contributed by atoms with Gasteiger partial charge in [0.15, 0.2) is 29.4 Å². The largest absolute Gasteiger partial charge is 0.393 e. The number of ether oxygens (including phenoxy) is 1. The summed E-state index contributed by atoms with van der Waals surface area (Å²) in [6, 6.07) is 0. The molecule has 0 radical (unpaired) electrons. The Kier molecular flexibility index (Phi) is 3.68.